The molecular formula is C31H34N8O4. The molecule has 1 aliphatic heterocycles. The highest BCUT2D eigenvalue weighted by Gasteiger charge is 2.26. The van der Waals surface area contributed by atoms with Crippen molar-refractivity contribution in [1.82, 2.24) is 33.7 Å². The lowest BCUT2D eigenvalue weighted by atomic mass is 10.1. The molecule has 1 aromatic carbocycles. The predicted octanol–water partition coefficient (Wildman–Crippen LogP) is 2.21. The van der Waals surface area contributed by atoms with Gasteiger partial charge in [0.05, 0.1) is 36.8 Å². The number of pyridine rings is 1. The van der Waals surface area contributed by atoms with E-state index in [1.54, 1.807) is 30.0 Å². The van der Waals surface area contributed by atoms with Crippen LogP contribution >= 0.6 is 0 Å². The van der Waals surface area contributed by atoms with Crippen LogP contribution in [-0.2, 0) is 35.4 Å². The molecule has 0 radical (unpaired) electrons. The van der Waals surface area contributed by atoms with Gasteiger partial charge >= 0.3 is 5.69 Å². The number of morpholine rings is 1. The van der Waals surface area contributed by atoms with Crippen LogP contribution in [0.3, 0.4) is 0 Å². The molecule has 1 aliphatic carbocycles. The van der Waals surface area contributed by atoms with Gasteiger partial charge in [-0.15, -0.1) is 5.10 Å². The van der Waals surface area contributed by atoms with Crippen LogP contribution in [-0.4, -0.2) is 73.2 Å². The van der Waals surface area contributed by atoms with E-state index in [4.69, 9.17) is 14.5 Å². The van der Waals surface area contributed by atoms with Crippen molar-refractivity contribution >= 4 is 22.2 Å². The van der Waals surface area contributed by atoms with Gasteiger partial charge in [-0.25, -0.2) is 24.4 Å². The SMILES string of the molecule is COC[C@H]1CN(c2ccc3c(=O)n(CCc4cnc(C5CC5)nc4)c(CCn4nc5ccccn5c4=O)nc3c2)CCO1. The molecule has 2 fully saturated rings. The fraction of sp³-hybridized carbons (Fsp3) is 0.419. The maximum absolute atomic E-state index is 13.9. The Morgan fingerprint density at radius 1 is 1.05 bits per heavy atom. The first-order valence-electron chi connectivity index (χ1n) is 14.8. The summed E-state index contributed by atoms with van der Waals surface area (Å²) in [7, 11) is 1.67. The van der Waals surface area contributed by atoms with E-state index in [-0.39, 0.29) is 17.4 Å². The number of anilines is 1. The maximum atomic E-state index is 13.9. The van der Waals surface area contributed by atoms with E-state index < -0.39 is 0 Å². The van der Waals surface area contributed by atoms with Gasteiger partial charge in [0, 0.05) is 63.4 Å². The minimum Gasteiger partial charge on any atom is -0.382 e. The van der Waals surface area contributed by atoms with Crippen molar-refractivity contribution in [3.8, 4) is 0 Å². The van der Waals surface area contributed by atoms with Crippen molar-refractivity contribution < 1.29 is 9.47 Å². The fourth-order valence-corrected chi connectivity index (χ4v) is 5.72. The van der Waals surface area contributed by atoms with Crippen LogP contribution in [0.5, 0.6) is 0 Å². The van der Waals surface area contributed by atoms with Crippen LogP contribution in [0, 0.1) is 0 Å². The number of ether oxygens (including phenoxy) is 2. The van der Waals surface area contributed by atoms with Crippen molar-refractivity contribution in [3.63, 3.8) is 0 Å². The summed E-state index contributed by atoms with van der Waals surface area (Å²) < 4.78 is 15.8. The van der Waals surface area contributed by atoms with Crippen molar-refractivity contribution in [2.24, 2.45) is 0 Å². The van der Waals surface area contributed by atoms with Gasteiger partial charge in [0.15, 0.2) is 5.65 Å². The number of hydrogen-bond acceptors (Lipinski definition) is 9. The van der Waals surface area contributed by atoms with E-state index in [2.05, 4.69) is 20.0 Å². The number of aromatic nitrogens is 7. The van der Waals surface area contributed by atoms with Crippen molar-refractivity contribution in [2.75, 3.05) is 38.3 Å². The predicted molar refractivity (Wildman–Crippen MR) is 161 cm³/mol. The molecule has 7 rings (SSSR count). The molecule has 5 heterocycles. The molecule has 0 N–H and O–H groups in total. The van der Waals surface area contributed by atoms with Gasteiger partial charge in [-0.05, 0) is 55.2 Å². The van der Waals surface area contributed by atoms with E-state index in [1.165, 1.54) is 9.08 Å². The molecule has 2 aliphatic rings. The minimum atomic E-state index is -0.224. The zero-order valence-electron chi connectivity index (χ0n) is 24.1. The molecule has 0 bridgehead atoms. The first kappa shape index (κ1) is 27.4. The summed E-state index contributed by atoms with van der Waals surface area (Å²) in [6.45, 7) is 3.28. The number of methoxy groups -OCH3 is 1. The lowest BCUT2D eigenvalue weighted by molar-refractivity contribution is -0.0100. The quantitative estimate of drug-likeness (QED) is 0.244. The topological polar surface area (TPSA) is 122 Å². The maximum Gasteiger partial charge on any atom is 0.350 e. The van der Waals surface area contributed by atoms with Crippen LogP contribution < -0.4 is 16.1 Å². The second-order valence-corrected chi connectivity index (χ2v) is 11.2. The zero-order chi connectivity index (χ0) is 29.3. The molecule has 1 atom stereocenters. The first-order chi connectivity index (χ1) is 21.1. The second kappa shape index (κ2) is 11.7. The monoisotopic (exact) mass is 582 g/mol. The Hall–Kier alpha value is -4.42. The largest absolute Gasteiger partial charge is 0.382 e. The molecule has 43 heavy (non-hydrogen) atoms. The van der Waals surface area contributed by atoms with Crippen LogP contribution in [0.1, 0.15) is 36.0 Å². The van der Waals surface area contributed by atoms with Crippen molar-refractivity contribution in [2.45, 2.75) is 50.8 Å². The van der Waals surface area contributed by atoms with Gasteiger partial charge < -0.3 is 14.4 Å². The first-order valence-corrected chi connectivity index (χ1v) is 14.8. The summed E-state index contributed by atoms with van der Waals surface area (Å²) in [5, 5.41) is 5.02. The Morgan fingerprint density at radius 3 is 2.70 bits per heavy atom. The Labute approximate surface area is 247 Å². The lowest BCUT2D eigenvalue weighted by Gasteiger charge is -2.34. The molecule has 4 aromatic heterocycles. The molecule has 0 amide bonds. The highest BCUT2D eigenvalue weighted by molar-refractivity contribution is 5.81. The third-order valence-corrected chi connectivity index (χ3v) is 8.20. The van der Waals surface area contributed by atoms with E-state index in [0.29, 0.717) is 74.0 Å². The summed E-state index contributed by atoms with van der Waals surface area (Å²) in [6, 6.07) is 11.3. The average molecular weight is 583 g/mol. The number of rotatable bonds is 10. The fourth-order valence-electron chi connectivity index (χ4n) is 5.72. The molecular weight excluding hydrogens is 548 g/mol. The Balaban J connectivity index is 1.21. The smallest absolute Gasteiger partial charge is 0.350 e. The molecule has 12 heteroatoms. The van der Waals surface area contributed by atoms with Crippen molar-refractivity contribution in [3.05, 3.63) is 93.0 Å². The Bertz CT molecular complexity index is 1870. The summed E-state index contributed by atoms with van der Waals surface area (Å²) >= 11 is 0. The minimum absolute atomic E-state index is 0.0166. The highest BCUT2D eigenvalue weighted by atomic mass is 16.5. The van der Waals surface area contributed by atoms with Crippen LogP contribution in [0.15, 0.2) is 64.6 Å². The van der Waals surface area contributed by atoms with Crippen LogP contribution in [0.4, 0.5) is 5.69 Å². The molecule has 5 aromatic rings. The van der Waals surface area contributed by atoms with E-state index >= 15 is 0 Å². The third kappa shape index (κ3) is 5.67. The Morgan fingerprint density at radius 2 is 1.91 bits per heavy atom. The van der Waals surface area contributed by atoms with Crippen LogP contribution in [0.2, 0.25) is 0 Å². The molecule has 12 nitrogen and oxygen atoms in total. The average Bonchev–Trinajstić information content (AvgIpc) is 3.84. The summed E-state index contributed by atoms with van der Waals surface area (Å²) in [4.78, 5) is 43.2. The number of fused-ring (bicyclic) bond motifs is 2. The summed E-state index contributed by atoms with van der Waals surface area (Å²) in [6.07, 6.45) is 8.66. The summed E-state index contributed by atoms with van der Waals surface area (Å²) in [5.74, 6) is 1.99. The summed E-state index contributed by atoms with van der Waals surface area (Å²) in [5.41, 5.74) is 2.82. The standard InChI is InChI=1S/C31H34N8O4/c1-42-20-24-19-36(14-15-43-24)23-7-8-25-26(16-23)34-27(10-13-39-31(41)38-11-3-2-4-28(38)35-39)37(30(25)40)12-9-21-17-32-29(33-18-21)22-5-6-22/h2-4,7-8,11,16-18,22,24H,5-6,9-10,12-15,19-20H2,1H3/t24-/m1/s1. The normalized spacial score (nSPS) is 17.2. The van der Waals surface area contributed by atoms with Gasteiger partial charge in [0.1, 0.15) is 11.6 Å². The van der Waals surface area contributed by atoms with Gasteiger partial charge in [-0.1, -0.05) is 6.07 Å². The van der Waals surface area contributed by atoms with E-state index in [0.717, 1.165) is 36.5 Å². The number of benzene rings is 1. The van der Waals surface area contributed by atoms with E-state index in [9.17, 15) is 9.59 Å². The molecule has 1 saturated carbocycles. The molecule has 1 saturated heterocycles. The zero-order valence-corrected chi connectivity index (χ0v) is 24.1. The van der Waals surface area contributed by atoms with Gasteiger partial charge in [-0.3, -0.25) is 13.8 Å². The Kier molecular flexibility index (Phi) is 7.45. The second-order valence-electron chi connectivity index (χ2n) is 11.2. The molecule has 0 unspecified atom stereocenters. The van der Waals surface area contributed by atoms with Gasteiger partial charge in [0.25, 0.3) is 5.56 Å². The number of aryl methyl sites for hydroxylation is 3. The molecule has 222 valence electrons. The third-order valence-electron chi connectivity index (χ3n) is 8.20. The van der Waals surface area contributed by atoms with Crippen LogP contribution in [0.25, 0.3) is 16.6 Å². The number of hydrogen-bond donors (Lipinski definition) is 0. The molecule has 0 spiro atoms. The van der Waals surface area contributed by atoms with Gasteiger partial charge in [-0.2, -0.15) is 0 Å². The van der Waals surface area contributed by atoms with Crippen molar-refractivity contribution in [1.29, 1.82) is 0 Å². The van der Waals surface area contributed by atoms with E-state index in [1.807, 2.05) is 36.7 Å². The lowest BCUT2D eigenvalue weighted by Crippen LogP contribution is -2.44. The number of nitrogens with zero attached hydrogens (tertiary/aromatic N) is 8. The highest BCUT2D eigenvalue weighted by Crippen LogP contribution is 2.37. The van der Waals surface area contributed by atoms with Gasteiger partial charge in [0.2, 0.25) is 0 Å².